The predicted octanol–water partition coefficient (Wildman–Crippen LogP) is 1.90. The van der Waals surface area contributed by atoms with Gasteiger partial charge in [-0.3, -0.25) is 4.79 Å². The Kier molecular flexibility index (Phi) is 4.38. The van der Waals surface area contributed by atoms with Crippen molar-refractivity contribution in [2.75, 3.05) is 13.2 Å². The standard InChI is InChI=1S/C15H17NO2/c1-2-10-16-15(17)13-9-6-11-18-14(13)12-7-4-3-5-8-12/h1,3-5,7-8,13-14H,6,9-11H2,(H,16,17). The van der Waals surface area contributed by atoms with Gasteiger partial charge in [-0.25, -0.2) is 0 Å². The maximum atomic E-state index is 12.1. The average molecular weight is 243 g/mol. The van der Waals surface area contributed by atoms with Crippen LogP contribution in [0.2, 0.25) is 0 Å². The minimum Gasteiger partial charge on any atom is -0.373 e. The second-order valence-electron chi connectivity index (χ2n) is 4.37. The molecule has 2 rings (SSSR count). The van der Waals surface area contributed by atoms with Crippen molar-refractivity contribution < 1.29 is 9.53 Å². The molecule has 2 unspecified atom stereocenters. The molecule has 0 saturated carbocycles. The van der Waals surface area contributed by atoms with E-state index < -0.39 is 0 Å². The molecule has 2 atom stereocenters. The molecule has 0 radical (unpaired) electrons. The Morgan fingerprint density at radius 3 is 2.94 bits per heavy atom. The van der Waals surface area contributed by atoms with Gasteiger partial charge in [0.05, 0.1) is 18.6 Å². The lowest BCUT2D eigenvalue weighted by Crippen LogP contribution is -2.37. The quantitative estimate of drug-likeness (QED) is 0.823. The summed E-state index contributed by atoms with van der Waals surface area (Å²) < 4.78 is 5.77. The van der Waals surface area contributed by atoms with Crippen LogP contribution in [0.25, 0.3) is 0 Å². The van der Waals surface area contributed by atoms with Gasteiger partial charge < -0.3 is 10.1 Å². The first-order valence-corrected chi connectivity index (χ1v) is 6.20. The maximum absolute atomic E-state index is 12.1. The van der Waals surface area contributed by atoms with Crippen molar-refractivity contribution in [2.24, 2.45) is 5.92 Å². The number of carbonyl (C=O) groups excluding carboxylic acids is 1. The van der Waals surface area contributed by atoms with E-state index in [1.807, 2.05) is 30.3 Å². The normalized spacial score (nSPS) is 23.1. The number of terminal acetylenes is 1. The van der Waals surface area contributed by atoms with Crippen LogP contribution in [-0.2, 0) is 9.53 Å². The van der Waals surface area contributed by atoms with E-state index in [0.29, 0.717) is 6.61 Å². The molecule has 1 saturated heterocycles. The molecule has 0 spiro atoms. The van der Waals surface area contributed by atoms with Gasteiger partial charge >= 0.3 is 0 Å². The van der Waals surface area contributed by atoms with Crippen LogP contribution in [0.5, 0.6) is 0 Å². The minimum absolute atomic E-state index is 0.0125. The van der Waals surface area contributed by atoms with Crippen molar-refractivity contribution in [1.82, 2.24) is 5.32 Å². The molecule has 3 heteroatoms. The first kappa shape index (κ1) is 12.7. The van der Waals surface area contributed by atoms with Gasteiger partial charge in [-0.1, -0.05) is 36.3 Å². The fourth-order valence-electron chi connectivity index (χ4n) is 2.29. The predicted molar refractivity (Wildman–Crippen MR) is 69.7 cm³/mol. The summed E-state index contributed by atoms with van der Waals surface area (Å²) in [5.74, 6) is 2.26. The SMILES string of the molecule is C#CCNC(=O)C1CCCOC1c1ccccc1. The zero-order chi connectivity index (χ0) is 12.8. The Labute approximate surface area is 108 Å². The number of hydrogen-bond acceptors (Lipinski definition) is 2. The molecule has 1 amide bonds. The molecule has 1 aliphatic heterocycles. The van der Waals surface area contributed by atoms with Crippen LogP contribution in [0.1, 0.15) is 24.5 Å². The highest BCUT2D eigenvalue weighted by Crippen LogP contribution is 2.33. The van der Waals surface area contributed by atoms with E-state index in [1.165, 1.54) is 0 Å². The van der Waals surface area contributed by atoms with Gasteiger partial charge in [0.1, 0.15) is 0 Å². The summed E-state index contributed by atoms with van der Waals surface area (Å²) in [6.45, 7) is 0.981. The molecule has 94 valence electrons. The molecule has 1 heterocycles. The molecule has 0 aliphatic carbocycles. The summed E-state index contributed by atoms with van der Waals surface area (Å²) >= 11 is 0. The first-order chi connectivity index (χ1) is 8.83. The third-order valence-electron chi connectivity index (χ3n) is 3.15. The van der Waals surface area contributed by atoms with Gasteiger partial charge in [-0.15, -0.1) is 6.42 Å². The van der Waals surface area contributed by atoms with Crippen molar-refractivity contribution in [2.45, 2.75) is 18.9 Å². The van der Waals surface area contributed by atoms with Gasteiger partial charge in [0.15, 0.2) is 0 Å². The third kappa shape index (κ3) is 2.91. The number of amides is 1. The van der Waals surface area contributed by atoms with Crippen LogP contribution in [0.3, 0.4) is 0 Å². The number of rotatable bonds is 3. The molecular weight excluding hydrogens is 226 g/mol. The van der Waals surface area contributed by atoms with Crippen LogP contribution in [-0.4, -0.2) is 19.1 Å². The van der Waals surface area contributed by atoms with Gasteiger partial charge in [0.2, 0.25) is 5.91 Å². The second-order valence-corrected chi connectivity index (χ2v) is 4.37. The lowest BCUT2D eigenvalue weighted by atomic mass is 9.89. The van der Waals surface area contributed by atoms with Crippen LogP contribution >= 0.6 is 0 Å². The van der Waals surface area contributed by atoms with Gasteiger partial charge in [-0.05, 0) is 18.4 Å². The number of ether oxygens (including phenoxy) is 1. The van der Waals surface area contributed by atoms with E-state index in [1.54, 1.807) is 0 Å². The van der Waals surface area contributed by atoms with Crippen molar-refractivity contribution in [3.05, 3.63) is 35.9 Å². The third-order valence-corrected chi connectivity index (χ3v) is 3.15. The highest BCUT2D eigenvalue weighted by atomic mass is 16.5. The van der Waals surface area contributed by atoms with Crippen LogP contribution in [0.15, 0.2) is 30.3 Å². The van der Waals surface area contributed by atoms with Crippen LogP contribution in [0.4, 0.5) is 0 Å². The Morgan fingerprint density at radius 2 is 2.22 bits per heavy atom. The highest BCUT2D eigenvalue weighted by molar-refractivity contribution is 5.79. The van der Waals surface area contributed by atoms with Crippen molar-refractivity contribution in [3.8, 4) is 12.3 Å². The van der Waals surface area contributed by atoms with E-state index in [2.05, 4.69) is 11.2 Å². The zero-order valence-corrected chi connectivity index (χ0v) is 10.3. The fraction of sp³-hybridized carbons (Fsp3) is 0.400. The fourth-order valence-corrected chi connectivity index (χ4v) is 2.29. The van der Waals surface area contributed by atoms with E-state index in [0.717, 1.165) is 18.4 Å². The largest absolute Gasteiger partial charge is 0.373 e. The second kappa shape index (κ2) is 6.23. The van der Waals surface area contributed by atoms with E-state index in [9.17, 15) is 4.79 Å². The topological polar surface area (TPSA) is 38.3 Å². The zero-order valence-electron chi connectivity index (χ0n) is 10.3. The van der Waals surface area contributed by atoms with Crippen LogP contribution < -0.4 is 5.32 Å². The lowest BCUT2D eigenvalue weighted by Gasteiger charge is -2.31. The molecule has 18 heavy (non-hydrogen) atoms. The smallest absolute Gasteiger partial charge is 0.226 e. The van der Waals surface area contributed by atoms with Crippen molar-refractivity contribution >= 4 is 5.91 Å². The number of hydrogen-bond donors (Lipinski definition) is 1. The molecule has 0 aromatic heterocycles. The maximum Gasteiger partial charge on any atom is 0.226 e. The molecule has 1 fully saturated rings. The highest BCUT2D eigenvalue weighted by Gasteiger charge is 2.32. The minimum atomic E-state index is -0.155. The molecule has 1 N–H and O–H groups in total. The van der Waals surface area contributed by atoms with Crippen molar-refractivity contribution in [1.29, 1.82) is 0 Å². The van der Waals surface area contributed by atoms with E-state index in [-0.39, 0.29) is 24.5 Å². The molecule has 1 aromatic carbocycles. The summed E-state index contributed by atoms with van der Waals surface area (Å²) in [5.41, 5.74) is 1.05. The Balaban J connectivity index is 2.11. The number of carbonyl (C=O) groups is 1. The number of nitrogens with one attached hydrogen (secondary N) is 1. The summed E-state index contributed by atoms with van der Waals surface area (Å²) in [7, 11) is 0. The summed E-state index contributed by atoms with van der Waals surface area (Å²) in [4.78, 5) is 12.1. The molecule has 1 aliphatic rings. The Hall–Kier alpha value is -1.79. The summed E-state index contributed by atoms with van der Waals surface area (Å²) in [6, 6.07) is 9.88. The van der Waals surface area contributed by atoms with Crippen molar-refractivity contribution in [3.63, 3.8) is 0 Å². The van der Waals surface area contributed by atoms with E-state index in [4.69, 9.17) is 11.2 Å². The number of benzene rings is 1. The van der Waals surface area contributed by atoms with Gasteiger partial charge in [0, 0.05) is 6.61 Å². The average Bonchev–Trinajstić information content (AvgIpc) is 2.45. The summed E-state index contributed by atoms with van der Waals surface area (Å²) in [6.07, 6.45) is 6.76. The van der Waals surface area contributed by atoms with E-state index >= 15 is 0 Å². The molecular formula is C15H17NO2. The Bertz CT molecular complexity index is 436. The summed E-state index contributed by atoms with van der Waals surface area (Å²) in [5, 5.41) is 2.75. The monoisotopic (exact) mass is 243 g/mol. The lowest BCUT2D eigenvalue weighted by molar-refractivity contribution is -0.134. The van der Waals surface area contributed by atoms with Gasteiger partial charge in [-0.2, -0.15) is 0 Å². The Morgan fingerprint density at radius 1 is 1.44 bits per heavy atom. The molecule has 0 bridgehead atoms. The van der Waals surface area contributed by atoms with Gasteiger partial charge in [0.25, 0.3) is 0 Å². The molecule has 1 aromatic rings. The van der Waals surface area contributed by atoms with Crippen LogP contribution in [0, 0.1) is 18.3 Å². The first-order valence-electron chi connectivity index (χ1n) is 6.20. The molecule has 3 nitrogen and oxygen atoms in total.